The van der Waals surface area contributed by atoms with Gasteiger partial charge in [0, 0.05) is 0 Å². The van der Waals surface area contributed by atoms with E-state index in [0.717, 1.165) is 12.1 Å². The van der Waals surface area contributed by atoms with Gasteiger partial charge in [-0.2, -0.15) is 0 Å². The van der Waals surface area contributed by atoms with Crippen LogP contribution in [-0.2, 0) is 16.0 Å². The fourth-order valence-corrected chi connectivity index (χ4v) is 1.18. The van der Waals surface area contributed by atoms with Gasteiger partial charge in [-0.1, -0.05) is 30.3 Å². The topological polar surface area (TPSA) is 30.7 Å². The van der Waals surface area contributed by atoms with Crippen LogP contribution in [0.3, 0.4) is 0 Å². The van der Waals surface area contributed by atoms with E-state index >= 15 is 0 Å². The largest absolute Gasteiger partial charge is 0.459 e. The zero-order valence-corrected chi connectivity index (χ0v) is 9.32. The van der Waals surface area contributed by atoms with E-state index in [1.807, 2.05) is 44.4 Å². The average Bonchev–Trinajstić information content (AvgIpc) is 2.18. The smallest absolute Gasteiger partial charge is 0.310 e. The number of ether oxygens (including phenoxy) is 1. The van der Waals surface area contributed by atoms with Crippen molar-refractivity contribution >= 4 is 5.97 Å². The maximum atomic E-state index is 11.4. The number of esters is 1. The summed E-state index contributed by atoms with van der Waals surface area (Å²) in [5, 5.41) is 0. The van der Waals surface area contributed by atoms with Gasteiger partial charge in [-0.05, 0) is 5.56 Å². The van der Waals surface area contributed by atoms with E-state index < -0.39 is 0 Å². The van der Waals surface area contributed by atoms with E-state index in [-0.39, 0.29) is 5.97 Å². The lowest BCUT2D eigenvalue weighted by Gasteiger charge is -2.07. The predicted octanol–water partition coefficient (Wildman–Crippen LogP) is -0.0832. The summed E-state index contributed by atoms with van der Waals surface area (Å²) in [6.45, 7) is 1.34. The molecule has 0 aliphatic rings. The number of hydrogen-bond donors (Lipinski definition) is 1. The van der Waals surface area contributed by atoms with Crippen molar-refractivity contribution < 1.29 is 14.4 Å². The van der Waals surface area contributed by atoms with Crippen LogP contribution in [0.2, 0.25) is 0 Å². The molecule has 1 rings (SSSR count). The summed E-state index contributed by atoms with van der Waals surface area (Å²) < 4.78 is 5.10. The molecule has 0 radical (unpaired) electrons. The highest BCUT2D eigenvalue weighted by atomic mass is 16.5. The summed E-state index contributed by atoms with van der Waals surface area (Å²) in [6, 6.07) is 9.64. The van der Waals surface area contributed by atoms with Crippen LogP contribution in [0.1, 0.15) is 5.56 Å². The molecule has 1 aromatic carbocycles. The Kier molecular flexibility index (Phi) is 4.84. The standard InChI is InChI=1S/C12H17NO2/c1-13(2)8-9-15-12(14)10-11-6-4-3-5-7-11/h3-7H,8-10H2,1-2H3/p+1. The predicted molar refractivity (Wildman–Crippen MR) is 58.8 cm³/mol. The number of quaternary nitrogens is 1. The van der Waals surface area contributed by atoms with Crippen molar-refractivity contribution in [3.8, 4) is 0 Å². The van der Waals surface area contributed by atoms with Crippen molar-refractivity contribution in [3.05, 3.63) is 35.9 Å². The molecule has 0 amide bonds. The van der Waals surface area contributed by atoms with E-state index in [2.05, 4.69) is 0 Å². The van der Waals surface area contributed by atoms with Crippen LogP contribution in [-0.4, -0.2) is 33.2 Å². The van der Waals surface area contributed by atoms with Gasteiger partial charge in [0.05, 0.1) is 20.5 Å². The maximum absolute atomic E-state index is 11.4. The summed E-state index contributed by atoms with van der Waals surface area (Å²) in [5.41, 5.74) is 1.000. The van der Waals surface area contributed by atoms with Gasteiger partial charge >= 0.3 is 5.97 Å². The molecule has 1 aromatic rings. The number of nitrogens with one attached hydrogen (secondary N) is 1. The Morgan fingerprint density at radius 2 is 1.93 bits per heavy atom. The second-order valence-electron chi connectivity index (χ2n) is 3.84. The van der Waals surface area contributed by atoms with Gasteiger partial charge in [0.15, 0.2) is 0 Å². The van der Waals surface area contributed by atoms with E-state index in [0.29, 0.717) is 13.0 Å². The molecular weight excluding hydrogens is 190 g/mol. The zero-order chi connectivity index (χ0) is 11.1. The lowest BCUT2D eigenvalue weighted by atomic mass is 10.2. The summed E-state index contributed by atoms with van der Waals surface area (Å²) in [6.07, 6.45) is 0.365. The van der Waals surface area contributed by atoms with Crippen LogP contribution in [0.25, 0.3) is 0 Å². The Balaban J connectivity index is 2.25. The molecule has 0 fully saturated rings. The minimum atomic E-state index is -0.151. The van der Waals surface area contributed by atoms with Gasteiger partial charge < -0.3 is 9.64 Å². The highest BCUT2D eigenvalue weighted by Gasteiger charge is 2.04. The molecule has 3 nitrogen and oxygen atoms in total. The lowest BCUT2D eigenvalue weighted by Crippen LogP contribution is -3.06. The van der Waals surface area contributed by atoms with Crippen LogP contribution < -0.4 is 4.90 Å². The van der Waals surface area contributed by atoms with E-state index in [1.165, 1.54) is 4.90 Å². The molecule has 0 bridgehead atoms. The number of benzene rings is 1. The third-order valence-electron chi connectivity index (χ3n) is 2.06. The summed E-state index contributed by atoms with van der Waals surface area (Å²) >= 11 is 0. The molecule has 0 spiro atoms. The van der Waals surface area contributed by atoms with Gasteiger partial charge in [0.2, 0.25) is 0 Å². The zero-order valence-electron chi connectivity index (χ0n) is 9.32. The number of rotatable bonds is 5. The first kappa shape index (κ1) is 11.7. The normalized spacial score (nSPS) is 10.3. The van der Waals surface area contributed by atoms with E-state index in [9.17, 15) is 4.79 Å². The van der Waals surface area contributed by atoms with Crippen molar-refractivity contribution in [2.75, 3.05) is 27.2 Å². The van der Waals surface area contributed by atoms with Crippen molar-refractivity contribution in [3.63, 3.8) is 0 Å². The molecule has 0 unspecified atom stereocenters. The van der Waals surface area contributed by atoms with Crippen molar-refractivity contribution in [1.82, 2.24) is 0 Å². The van der Waals surface area contributed by atoms with Gasteiger partial charge in [-0.15, -0.1) is 0 Å². The number of hydrogen-bond acceptors (Lipinski definition) is 2. The first-order valence-corrected chi connectivity index (χ1v) is 5.17. The molecule has 0 saturated heterocycles. The molecule has 1 N–H and O–H groups in total. The molecule has 0 aliphatic heterocycles. The van der Waals surface area contributed by atoms with Crippen molar-refractivity contribution in [1.29, 1.82) is 0 Å². The fraction of sp³-hybridized carbons (Fsp3) is 0.417. The minimum absolute atomic E-state index is 0.151. The van der Waals surface area contributed by atoms with Crippen LogP contribution >= 0.6 is 0 Å². The number of carbonyl (C=O) groups is 1. The summed E-state index contributed by atoms with van der Waals surface area (Å²) in [4.78, 5) is 12.6. The van der Waals surface area contributed by atoms with Gasteiger partial charge in [-0.3, -0.25) is 4.79 Å². The SMILES string of the molecule is C[NH+](C)CCOC(=O)Cc1ccccc1. The minimum Gasteiger partial charge on any atom is -0.459 e. The van der Waals surface area contributed by atoms with E-state index in [4.69, 9.17) is 4.74 Å². The third kappa shape index (κ3) is 5.18. The Hall–Kier alpha value is -1.35. The van der Waals surface area contributed by atoms with Crippen LogP contribution in [0.4, 0.5) is 0 Å². The fourth-order valence-electron chi connectivity index (χ4n) is 1.18. The second-order valence-corrected chi connectivity index (χ2v) is 3.84. The highest BCUT2D eigenvalue weighted by Crippen LogP contribution is 2.00. The molecule has 82 valence electrons. The molecule has 3 heteroatoms. The second kappa shape index (κ2) is 6.19. The van der Waals surface area contributed by atoms with Crippen LogP contribution in [0.15, 0.2) is 30.3 Å². The van der Waals surface area contributed by atoms with Gasteiger partial charge in [-0.25, -0.2) is 0 Å². The first-order chi connectivity index (χ1) is 7.18. The third-order valence-corrected chi connectivity index (χ3v) is 2.06. The summed E-state index contributed by atoms with van der Waals surface area (Å²) in [5.74, 6) is -0.151. The monoisotopic (exact) mass is 208 g/mol. The summed E-state index contributed by atoms with van der Waals surface area (Å²) in [7, 11) is 4.07. The number of carbonyl (C=O) groups excluding carboxylic acids is 1. The van der Waals surface area contributed by atoms with Gasteiger partial charge in [0.25, 0.3) is 0 Å². The molecule has 0 saturated carbocycles. The molecule has 0 aliphatic carbocycles. The van der Waals surface area contributed by atoms with Crippen LogP contribution in [0, 0.1) is 0 Å². The Morgan fingerprint density at radius 3 is 2.53 bits per heavy atom. The average molecular weight is 208 g/mol. The van der Waals surface area contributed by atoms with Gasteiger partial charge in [0.1, 0.15) is 13.2 Å². The first-order valence-electron chi connectivity index (χ1n) is 5.17. The maximum Gasteiger partial charge on any atom is 0.310 e. The van der Waals surface area contributed by atoms with Crippen molar-refractivity contribution in [2.24, 2.45) is 0 Å². The van der Waals surface area contributed by atoms with E-state index in [1.54, 1.807) is 0 Å². The Morgan fingerprint density at radius 1 is 1.27 bits per heavy atom. The molecule has 15 heavy (non-hydrogen) atoms. The molecular formula is C12H18NO2+. The Bertz CT molecular complexity index is 296. The lowest BCUT2D eigenvalue weighted by molar-refractivity contribution is -0.858. The molecule has 0 aromatic heterocycles. The molecule has 0 heterocycles. The van der Waals surface area contributed by atoms with Crippen molar-refractivity contribution in [2.45, 2.75) is 6.42 Å². The van der Waals surface area contributed by atoms with Crippen LogP contribution in [0.5, 0.6) is 0 Å². The highest BCUT2D eigenvalue weighted by molar-refractivity contribution is 5.72. The Labute approximate surface area is 90.7 Å². The molecule has 0 atom stereocenters. The quantitative estimate of drug-likeness (QED) is 0.686. The number of likely N-dealkylation sites (N-methyl/N-ethyl adjacent to an activating group) is 1.